The first kappa shape index (κ1) is 18.0. The lowest BCUT2D eigenvalue weighted by Crippen LogP contribution is -2.25. The van der Waals surface area contributed by atoms with Crippen LogP contribution in [0.5, 0.6) is 5.75 Å². The zero-order chi connectivity index (χ0) is 17.8. The van der Waals surface area contributed by atoms with E-state index in [1.165, 1.54) is 16.8 Å². The van der Waals surface area contributed by atoms with Gasteiger partial charge in [0.25, 0.3) is 0 Å². The van der Waals surface area contributed by atoms with Crippen LogP contribution in [-0.2, 0) is 18.3 Å². The van der Waals surface area contributed by atoms with E-state index in [1.54, 1.807) is 0 Å². The van der Waals surface area contributed by atoms with Gasteiger partial charge < -0.3 is 14.8 Å². The van der Waals surface area contributed by atoms with E-state index in [2.05, 4.69) is 36.4 Å². The van der Waals surface area contributed by atoms with Gasteiger partial charge in [-0.05, 0) is 44.9 Å². The second-order valence-corrected chi connectivity index (χ2v) is 6.76. The van der Waals surface area contributed by atoms with E-state index < -0.39 is 0 Å². The van der Waals surface area contributed by atoms with Crippen LogP contribution in [0.1, 0.15) is 42.0 Å². The molecule has 1 aliphatic heterocycles. The summed E-state index contributed by atoms with van der Waals surface area (Å²) in [5.41, 5.74) is 4.81. The summed E-state index contributed by atoms with van der Waals surface area (Å²) in [5, 5.41) is 8.14. The third-order valence-corrected chi connectivity index (χ3v) is 5.01. The van der Waals surface area contributed by atoms with E-state index in [1.807, 2.05) is 30.8 Å². The summed E-state index contributed by atoms with van der Waals surface area (Å²) in [4.78, 5) is 0. The number of hydrogen-bond donors (Lipinski definition) is 1. The van der Waals surface area contributed by atoms with Crippen LogP contribution in [0.4, 0.5) is 0 Å². The maximum atomic E-state index is 6.07. The van der Waals surface area contributed by atoms with Gasteiger partial charge in [0.2, 0.25) is 0 Å². The topological polar surface area (TPSA) is 48.3 Å². The molecule has 1 aliphatic rings. The fourth-order valence-electron chi connectivity index (χ4n) is 3.68. The number of ether oxygens (including phenoxy) is 2. The summed E-state index contributed by atoms with van der Waals surface area (Å²) in [7, 11) is 2.00. The second kappa shape index (κ2) is 8.02. The first-order valence-corrected chi connectivity index (χ1v) is 9.14. The van der Waals surface area contributed by atoms with Crippen LogP contribution < -0.4 is 10.1 Å². The lowest BCUT2D eigenvalue weighted by Gasteiger charge is -2.20. The number of aryl methyl sites for hydroxylation is 2. The predicted molar refractivity (Wildman–Crippen MR) is 98.8 cm³/mol. The summed E-state index contributed by atoms with van der Waals surface area (Å²) < 4.78 is 13.6. The molecular weight excluding hydrogens is 314 g/mol. The molecule has 0 aliphatic carbocycles. The molecule has 0 saturated carbocycles. The van der Waals surface area contributed by atoms with Crippen molar-refractivity contribution >= 4 is 0 Å². The maximum absolute atomic E-state index is 6.07. The van der Waals surface area contributed by atoms with Crippen LogP contribution >= 0.6 is 0 Å². The minimum absolute atomic E-state index is 0.149. The van der Waals surface area contributed by atoms with E-state index in [0.29, 0.717) is 12.5 Å². The fraction of sp³-hybridized carbons (Fsp3) is 0.550. The number of hydrogen-bond acceptors (Lipinski definition) is 4. The zero-order valence-electron chi connectivity index (χ0n) is 15.7. The van der Waals surface area contributed by atoms with Crippen molar-refractivity contribution in [1.82, 2.24) is 15.1 Å². The largest absolute Gasteiger partial charge is 0.494 e. The summed E-state index contributed by atoms with van der Waals surface area (Å²) in [6, 6.07) is 8.29. The Labute approximate surface area is 150 Å². The van der Waals surface area contributed by atoms with E-state index in [0.717, 1.165) is 37.6 Å². The van der Waals surface area contributed by atoms with Crippen molar-refractivity contribution in [3.8, 4) is 5.75 Å². The number of aromatic nitrogens is 2. The van der Waals surface area contributed by atoms with Gasteiger partial charge in [-0.2, -0.15) is 5.10 Å². The molecule has 5 nitrogen and oxygen atoms in total. The van der Waals surface area contributed by atoms with Gasteiger partial charge in [-0.15, -0.1) is 0 Å². The third-order valence-electron chi connectivity index (χ3n) is 5.01. The highest BCUT2D eigenvalue weighted by molar-refractivity contribution is 5.29. The van der Waals surface area contributed by atoms with E-state index in [4.69, 9.17) is 9.47 Å². The molecule has 0 unspecified atom stereocenters. The lowest BCUT2D eigenvalue weighted by molar-refractivity contribution is 0.0893. The predicted octanol–water partition coefficient (Wildman–Crippen LogP) is 3.30. The van der Waals surface area contributed by atoms with Gasteiger partial charge in [0.1, 0.15) is 5.75 Å². The average Bonchev–Trinajstić information content (AvgIpc) is 3.13. The molecule has 2 heterocycles. The molecule has 2 atom stereocenters. The quantitative estimate of drug-likeness (QED) is 0.838. The SMILES string of the molecule is CCOc1cccc(CNC[C@@H]2CCO[C@@H]2c2c(C)nn(C)c2C)c1. The molecule has 1 aromatic heterocycles. The Balaban J connectivity index is 1.60. The summed E-state index contributed by atoms with van der Waals surface area (Å²) in [6.07, 6.45) is 1.24. The Hall–Kier alpha value is -1.85. The fourth-order valence-corrected chi connectivity index (χ4v) is 3.68. The van der Waals surface area contributed by atoms with E-state index >= 15 is 0 Å². The van der Waals surface area contributed by atoms with Crippen LogP contribution in [-0.4, -0.2) is 29.5 Å². The molecular formula is C20H29N3O2. The minimum Gasteiger partial charge on any atom is -0.494 e. The molecule has 2 aromatic rings. The highest BCUT2D eigenvalue weighted by Crippen LogP contribution is 2.37. The normalized spacial score (nSPS) is 20.2. The standard InChI is InChI=1S/C20H29N3O2/c1-5-24-18-8-6-7-16(11-18)12-21-13-17-9-10-25-20(17)19-14(2)22-23(4)15(19)3/h6-8,11,17,20-21H,5,9-10,12-13H2,1-4H3/t17-,20-/m0/s1. The maximum Gasteiger partial charge on any atom is 0.119 e. The molecule has 0 spiro atoms. The molecule has 3 rings (SSSR count). The van der Waals surface area contributed by atoms with Crippen molar-refractivity contribution < 1.29 is 9.47 Å². The van der Waals surface area contributed by atoms with Crippen molar-refractivity contribution in [2.45, 2.75) is 39.8 Å². The minimum atomic E-state index is 0.149. The Kier molecular flexibility index (Phi) is 5.76. The highest BCUT2D eigenvalue weighted by Gasteiger charge is 2.33. The van der Waals surface area contributed by atoms with Gasteiger partial charge in [0.05, 0.1) is 18.4 Å². The smallest absolute Gasteiger partial charge is 0.119 e. The van der Waals surface area contributed by atoms with Gasteiger partial charge in [-0.3, -0.25) is 4.68 Å². The molecule has 0 bridgehead atoms. The van der Waals surface area contributed by atoms with Gasteiger partial charge in [0, 0.05) is 43.9 Å². The first-order valence-electron chi connectivity index (χ1n) is 9.14. The molecule has 1 N–H and O–H groups in total. The number of rotatable bonds is 7. The summed E-state index contributed by atoms with van der Waals surface area (Å²) in [5.74, 6) is 1.42. The summed E-state index contributed by atoms with van der Waals surface area (Å²) >= 11 is 0. The van der Waals surface area contributed by atoms with Crippen molar-refractivity contribution in [1.29, 1.82) is 0 Å². The van der Waals surface area contributed by atoms with Crippen LogP contribution in [0.3, 0.4) is 0 Å². The van der Waals surface area contributed by atoms with E-state index in [9.17, 15) is 0 Å². The Morgan fingerprint density at radius 3 is 2.92 bits per heavy atom. The molecule has 0 amide bonds. The van der Waals surface area contributed by atoms with E-state index in [-0.39, 0.29) is 6.10 Å². The molecule has 0 radical (unpaired) electrons. The molecule has 1 fully saturated rings. The second-order valence-electron chi connectivity index (χ2n) is 6.76. The number of nitrogens with one attached hydrogen (secondary N) is 1. The van der Waals surface area contributed by atoms with Crippen molar-refractivity contribution in [3.05, 3.63) is 46.8 Å². The molecule has 1 saturated heterocycles. The van der Waals surface area contributed by atoms with Gasteiger partial charge >= 0.3 is 0 Å². The Bertz CT molecular complexity index is 711. The molecule has 136 valence electrons. The van der Waals surface area contributed by atoms with Crippen LogP contribution in [0, 0.1) is 19.8 Å². The Morgan fingerprint density at radius 2 is 2.20 bits per heavy atom. The van der Waals surface area contributed by atoms with Gasteiger partial charge in [0.15, 0.2) is 0 Å². The monoisotopic (exact) mass is 343 g/mol. The molecule has 25 heavy (non-hydrogen) atoms. The highest BCUT2D eigenvalue weighted by atomic mass is 16.5. The zero-order valence-corrected chi connectivity index (χ0v) is 15.7. The average molecular weight is 343 g/mol. The molecule has 1 aromatic carbocycles. The number of nitrogens with zero attached hydrogens (tertiary/aromatic N) is 2. The molecule has 5 heteroatoms. The van der Waals surface area contributed by atoms with Gasteiger partial charge in [-0.1, -0.05) is 12.1 Å². The Morgan fingerprint density at radius 1 is 1.36 bits per heavy atom. The first-order chi connectivity index (χ1) is 12.1. The van der Waals surface area contributed by atoms with Crippen molar-refractivity contribution in [2.24, 2.45) is 13.0 Å². The summed E-state index contributed by atoms with van der Waals surface area (Å²) in [6.45, 7) is 9.51. The van der Waals surface area contributed by atoms with Gasteiger partial charge in [-0.25, -0.2) is 0 Å². The van der Waals surface area contributed by atoms with Crippen molar-refractivity contribution in [2.75, 3.05) is 19.8 Å². The van der Waals surface area contributed by atoms with Crippen LogP contribution in [0.15, 0.2) is 24.3 Å². The number of benzene rings is 1. The third kappa shape index (κ3) is 4.05. The van der Waals surface area contributed by atoms with Crippen LogP contribution in [0.2, 0.25) is 0 Å². The van der Waals surface area contributed by atoms with Crippen molar-refractivity contribution in [3.63, 3.8) is 0 Å². The lowest BCUT2D eigenvalue weighted by atomic mass is 9.94. The van der Waals surface area contributed by atoms with Crippen LogP contribution in [0.25, 0.3) is 0 Å².